The van der Waals surface area contributed by atoms with Crippen molar-refractivity contribution in [2.24, 2.45) is 5.73 Å². The minimum atomic E-state index is -1.43. The maximum atomic E-state index is 12.0. The molecule has 0 aliphatic heterocycles. The van der Waals surface area contributed by atoms with Gasteiger partial charge in [0.05, 0.1) is 0 Å². The van der Waals surface area contributed by atoms with Gasteiger partial charge in [-0.2, -0.15) is 0 Å². The van der Waals surface area contributed by atoms with Crippen molar-refractivity contribution < 1.29 is 14.3 Å². The molecule has 66 valence electrons. The predicted molar refractivity (Wildman–Crippen MR) is 38.8 cm³/mol. The maximum Gasteiger partial charge on any atom is 0.320 e. The molecular weight excluding hydrogens is 151 g/mol. The second-order valence-corrected chi connectivity index (χ2v) is 2.27. The van der Waals surface area contributed by atoms with E-state index in [4.69, 9.17) is 10.8 Å². The van der Waals surface area contributed by atoms with Gasteiger partial charge in [-0.25, -0.2) is 4.39 Å². The van der Waals surface area contributed by atoms with Crippen LogP contribution in [-0.4, -0.2) is 30.5 Å². The van der Waals surface area contributed by atoms with E-state index in [1.54, 1.807) is 0 Å². The molecule has 0 aromatic carbocycles. The molecule has 0 saturated heterocycles. The van der Waals surface area contributed by atoms with E-state index in [1.807, 2.05) is 0 Å². The Morgan fingerprint density at radius 1 is 1.73 bits per heavy atom. The molecule has 0 rings (SSSR count). The number of likely N-dealkylation sites (N-methyl/N-ethyl adjacent to an activating group) is 1. The second kappa shape index (κ2) is 5.03. The van der Waals surface area contributed by atoms with Crippen molar-refractivity contribution in [3.05, 3.63) is 0 Å². The molecule has 0 spiro atoms. The lowest BCUT2D eigenvalue weighted by atomic mass is 10.1. The number of halogens is 1. The van der Waals surface area contributed by atoms with E-state index in [0.717, 1.165) is 0 Å². The number of hydrogen-bond donors (Lipinski definition) is 3. The summed E-state index contributed by atoms with van der Waals surface area (Å²) in [6.07, 6.45) is -1.15. The van der Waals surface area contributed by atoms with Gasteiger partial charge in [0.15, 0.2) is 0 Å². The van der Waals surface area contributed by atoms with Crippen LogP contribution < -0.4 is 11.1 Å². The minimum absolute atomic E-state index is 0.0673. The van der Waals surface area contributed by atoms with Gasteiger partial charge in [-0.1, -0.05) is 0 Å². The van der Waals surface area contributed by atoms with Gasteiger partial charge in [0.1, 0.15) is 12.3 Å². The first-order valence-electron chi connectivity index (χ1n) is 3.37. The van der Waals surface area contributed by atoms with Gasteiger partial charge in [0.2, 0.25) is 0 Å². The van der Waals surface area contributed by atoms with Crippen molar-refractivity contribution in [2.45, 2.75) is 25.2 Å². The minimum Gasteiger partial charge on any atom is -0.480 e. The zero-order valence-electron chi connectivity index (χ0n) is 6.38. The van der Waals surface area contributed by atoms with Crippen LogP contribution in [0.4, 0.5) is 4.39 Å². The van der Waals surface area contributed by atoms with E-state index in [9.17, 15) is 9.18 Å². The quantitative estimate of drug-likeness (QED) is 0.487. The van der Waals surface area contributed by atoms with E-state index in [-0.39, 0.29) is 12.8 Å². The molecule has 4 N–H and O–H groups in total. The second-order valence-electron chi connectivity index (χ2n) is 2.27. The molecular formula is C6H13FN2O2. The first-order chi connectivity index (χ1) is 5.07. The Morgan fingerprint density at radius 3 is 2.55 bits per heavy atom. The van der Waals surface area contributed by atoms with Crippen molar-refractivity contribution in [3.63, 3.8) is 0 Å². The number of hydrogen-bond acceptors (Lipinski definition) is 3. The van der Waals surface area contributed by atoms with Crippen LogP contribution in [0.25, 0.3) is 0 Å². The van der Waals surface area contributed by atoms with E-state index in [1.165, 1.54) is 7.05 Å². The molecule has 0 fully saturated rings. The number of carboxylic acid groups (broad SMARTS) is 1. The van der Waals surface area contributed by atoms with Gasteiger partial charge in [-0.3, -0.25) is 4.79 Å². The van der Waals surface area contributed by atoms with Crippen molar-refractivity contribution in [1.82, 2.24) is 5.32 Å². The van der Waals surface area contributed by atoms with Crippen LogP contribution in [0.5, 0.6) is 0 Å². The molecule has 0 amide bonds. The third kappa shape index (κ3) is 4.69. The normalized spacial score (nSPS) is 15.9. The highest BCUT2D eigenvalue weighted by Crippen LogP contribution is 2.00. The Kier molecular flexibility index (Phi) is 4.72. The standard InChI is InChI=1S/C6H13FN2O2/c1-9-4(6(10)11)2-3-5(7)8/h4-5,9H,2-3,8H2,1H3,(H,10,11)/t4-,5?/m0/s1. The monoisotopic (exact) mass is 164 g/mol. The van der Waals surface area contributed by atoms with Gasteiger partial charge >= 0.3 is 5.97 Å². The number of aliphatic carboxylic acids is 1. The van der Waals surface area contributed by atoms with E-state index < -0.39 is 18.3 Å². The largest absolute Gasteiger partial charge is 0.480 e. The fourth-order valence-corrected chi connectivity index (χ4v) is 0.717. The van der Waals surface area contributed by atoms with Crippen LogP contribution in [0.15, 0.2) is 0 Å². The highest BCUT2D eigenvalue weighted by Gasteiger charge is 2.15. The van der Waals surface area contributed by atoms with Crippen LogP contribution >= 0.6 is 0 Å². The Morgan fingerprint density at radius 2 is 2.27 bits per heavy atom. The lowest BCUT2D eigenvalue weighted by Gasteiger charge is -2.10. The molecule has 5 heteroatoms. The van der Waals surface area contributed by atoms with Gasteiger partial charge < -0.3 is 16.2 Å². The zero-order chi connectivity index (χ0) is 8.85. The topological polar surface area (TPSA) is 75.3 Å². The first kappa shape index (κ1) is 10.3. The highest BCUT2D eigenvalue weighted by atomic mass is 19.1. The molecule has 0 aromatic heterocycles. The third-order valence-corrected chi connectivity index (χ3v) is 1.38. The lowest BCUT2D eigenvalue weighted by molar-refractivity contribution is -0.139. The summed E-state index contributed by atoms with van der Waals surface area (Å²) >= 11 is 0. The summed E-state index contributed by atoms with van der Waals surface area (Å²) in [5.41, 5.74) is 4.81. The third-order valence-electron chi connectivity index (χ3n) is 1.38. The summed E-state index contributed by atoms with van der Waals surface area (Å²) in [4.78, 5) is 10.3. The molecule has 4 nitrogen and oxygen atoms in total. The molecule has 1 unspecified atom stereocenters. The Labute approximate surface area is 64.6 Å². The van der Waals surface area contributed by atoms with Gasteiger partial charge in [-0.05, 0) is 19.9 Å². The van der Waals surface area contributed by atoms with Gasteiger partial charge in [0, 0.05) is 0 Å². The number of nitrogens with two attached hydrogens (primary N) is 1. The molecule has 0 aromatic rings. The number of carbonyl (C=O) groups is 1. The summed E-state index contributed by atoms with van der Waals surface area (Å²) < 4.78 is 12.0. The van der Waals surface area contributed by atoms with Crippen molar-refractivity contribution in [2.75, 3.05) is 7.05 Å². The first-order valence-corrected chi connectivity index (χ1v) is 3.37. The fourth-order valence-electron chi connectivity index (χ4n) is 0.717. The van der Waals surface area contributed by atoms with Crippen LogP contribution in [-0.2, 0) is 4.79 Å². The lowest BCUT2D eigenvalue weighted by Crippen LogP contribution is -2.34. The molecule has 0 bridgehead atoms. The Bertz CT molecular complexity index is 130. The van der Waals surface area contributed by atoms with Crippen LogP contribution in [0, 0.1) is 0 Å². The SMILES string of the molecule is CN[C@@H](CCC(N)F)C(=O)O. The smallest absolute Gasteiger partial charge is 0.320 e. The van der Waals surface area contributed by atoms with Gasteiger partial charge in [-0.15, -0.1) is 0 Å². The van der Waals surface area contributed by atoms with E-state index in [0.29, 0.717) is 0 Å². The van der Waals surface area contributed by atoms with E-state index >= 15 is 0 Å². The van der Waals surface area contributed by atoms with Crippen molar-refractivity contribution >= 4 is 5.97 Å². The average molecular weight is 164 g/mol. The molecule has 0 aliphatic carbocycles. The molecule has 11 heavy (non-hydrogen) atoms. The fraction of sp³-hybridized carbons (Fsp3) is 0.833. The van der Waals surface area contributed by atoms with Crippen molar-refractivity contribution in [3.8, 4) is 0 Å². The average Bonchev–Trinajstić information content (AvgIpc) is 1.87. The summed E-state index contributed by atoms with van der Waals surface area (Å²) in [7, 11) is 1.52. The summed E-state index contributed by atoms with van der Waals surface area (Å²) in [5.74, 6) is -0.979. The molecule has 0 heterocycles. The molecule has 0 aliphatic rings. The summed E-state index contributed by atoms with van der Waals surface area (Å²) in [5, 5.41) is 11.0. The number of rotatable bonds is 5. The van der Waals surface area contributed by atoms with Crippen LogP contribution in [0.3, 0.4) is 0 Å². The van der Waals surface area contributed by atoms with Gasteiger partial charge in [0.25, 0.3) is 0 Å². The molecule has 0 radical (unpaired) electrons. The molecule has 2 atom stereocenters. The van der Waals surface area contributed by atoms with Crippen molar-refractivity contribution in [1.29, 1.82) is 0 Å². The number of carboxylic acids is 1. The zero-order valence-corrected chi connectivity index (χ0v) is 6.38. The Hall–Kier alpha value is -0.680. The number of nitrogens with one attached hydrogen (secondary N) is 1. The summed E-state index contributed by atoms with van der Waals surface area (Å²) in [6.45, 7) is 0. The maximum absolute atomic E-state index is 12.0. The highest BCUT2D eigenvalue weighted by molar-refractivity contribution is 5.73. The number of alkyl halides is 1. The predicted octanol–water partition coefficient (Wildman–Crippen LogP) is -0.306. The van der Waals surface area contributed by atoms with Crippen LogP contribution in [0.1, 0.15) is 12.8 Å². The Balaban J connectivity index is 3.61. The summed E-state index contributed by atoms with van der Waals surface area (Å²) in [6, 6.07) is -0.697. The van der Waals surface area contributed by atoms with Crippen LogP contribution in [0.2, 0.25) is 0 Å². The molecule has 0 saturated carbocycles. The van der Waals surface area contributed by atoms with E-state index in [2.05, 4.69) is 5.32 Å².